The summed E-state index contributed by atoms with van der Waals surface area (Å²) in [5.41, 5.74) is 2.22. The third-order valence-corrected chi connectivity index (χ3v) is 9.32. The Morgan fingerprint density at radius 1 is 0.512 bits per heavy atom. The second kappa shape index (κ2) is 24.0. The second-order valence-electron chi connectivity index (χ2n) is 12.2. The van der Waals surface area contributed by atoms with Crippen molar-refractivity contribution in [3.05, 3.63) is 41.5 Å². The van der Waals surface area contributed by atoms with E-state index in [1.807, 2.05) is 12.1 Å². The van der Waals surface area contributed by atoms with E-state index in [4.69, 9.17) is 0 Å². The summed E-state index contributed by atoms with van der Waals surface area (Å²) in [5, 5.41) is 1.47. The van der Waals surface area contributed by atoms with Gasteiger partial charge in [-0.25, -0.2) is 8.42 Å². The monoisotopic (exact) mass is 594 g/mol. The molecule has 0 saturated carbocycles. The molecule has 0 aliphatic rings. The number of hydrogen-bond acceptors (Lipinski definition) is 3. The zero-order valence-electron chi connectivity index (χ0n) is 27.0. The average molecular weight is 595 g/mol. The van der Waals surface area contributed by atoms with Crippen LogP contribution in [0.4, 0.5) is 0 Å². The molecule has 0 radical (unpaired) electrons. The van der Waals surface area contributed by atoms with E-state index in [1.54, 1.807) is 6.07 Å². The van der Waals surface area contributed by atoms with E-state index >= 15 is 0 Å². The minimum Gasteiger partial charge on any atom is -0.744 e. The van der Waals surface area contributed by atoms with Crippen LogP contribution in [0, 0.1) is 0 Å². The first kappa shape index (κ1) is 38.6. The van der Waals surface area contributed by atoms with E-state index in [0.717, 1.165) is 43.1 Å². The van der Waals surface area contributed by atoms with Crippen LogP contribution in [0.1, 0.15) is 166 Å². The first-order valence-corrected chi connectivity index (χ1v) is 18.4. The average Bonchev–Trinajstić information content (AvgIpc) is 2.93. The van der Waals surface area contributed by atoms with Gasteiger partial charge in [0, 0.05) is 0 Å². The molecule has 2 aromatic carbocycles. The van der Waals surface area contributed by atoms with Crippen molar-refractivity contribution in [2.45, 2.75) is 173 Å². The first-order valence-electron chi connectivity index (χ1n) is 17.0. The topological polar surface area (TPSA) is 57.2 Å². The van der Waals surface area contributed by atoms with Crippen molar-refractivity contribution in [3.8, 4) is 0 Å². The summed E-state index contributed by atoms with van der Waals surface area (Å²) in [7, 11) is -4.51. The Bertz CT molecular complexity index is 1030. The Hall–Kier alpha value is -0.390. The van der Waals surface area contributed by atoms with Gasteiger partial charge in [0.1, 0.15) is 10.1 Å². The Labute approximate surface area is 276 Å². The SMILES string of the molecule is CCCCCCCCCCCCCc1ccc2c(S(=O)(=O)[O-])cc(CCCCCCCCCCCCC)cc2c1.[Na+]. The maximum atomic E-state index is 12.1. The zero-order chi connectivity index (χ0) is 28.9. The van der Waals surface area contributed by atoms with Crippen LogP contribution in [0.25, 0.3) is 10.8 Å². The standard InChI is InChI=1S/C36H60O3S.Na/c1-3-5-7-9-11-13-15-17-19-21-23-25-32-27-28-35-34(29-32)30-33(31-36(35)40(37,38)39)26-24-22-20-18-16-14-12-10-8-6-4-2;/h27-31H,3-26H2,1-2H3,(H,37,38,39);/q;+1/p-1. The summed E-state index contributed by atoms with van der Waals surface area (Å²) in [4.78, 5) is -0.0516. The van der Waals surface area contributed by atoms with E-state index in [-0.39, 0.29) is 34.5 Å². The van der Waals surface area contributed by atoms with Gasteiger partial charge in [0.25, 0.3) is 0 Å². The molecule has 0 aliphatic heterocycles. The minimum absolute atomic E-state index is 0. The molecule has 0 atom stereocenters. The van der Waals surface area contributed by atoms with Crippen LogP contribution in [0.2, 0.25) is 0 Å². The molecule has 0 bridgehead atoms. The van der Waals surface area contributed by atoms with Gasteiger partial charge in [-0.1, -0.05) is 167 Å². The fourth-order valence-corrected chi connectivity index (χ4v) is 6.69. The molecule has 0 spiro atoms. The van der Waals surface area contributed by atoms with Crippen molar-refractivity contribution in [2.75, 3.05) is 0 Å². The molecule has 0 amide bonds. The van der Waals surface area contributed by atoms with Crippen LogP contribution in [-0.4, -0.2) is 13.0 Å². The van der Waals surface area contributed by atoms with Crippen LogP contribution < -0.4 is 29.6 Å². The summed E-state index contributed by atoms with van der Waals surface area (Å²) in [6, 6.07) is 9.72. The predicted molar refractivity (Wildman–Crippen MR) is 172 cm³/mol. The fraction of sp³-hybridized carbons (Fsp3) is 0.722. The maximum absolute atomic E-state index is 12.1. The summed E-state index contributed by atoms with van der Waals surface area (Å²) in [6.07, 6.45) is 30.7. The maximum Gasteiger partial charge on any atom is 1.00 e. The van der Waals surface area contributed by atoms with Crippen molar-refractivity contribution < 1.29 is 42.5 Å². The smallest absolute Gasteiger partial charge is 0.744 e. The Balaban J connectivity index is 0.00000840. The van der Waals surface area contributed by atoms with Gasteiger partial charge in [0.2, 0.25) is 0 Å². The number of hydrogen-bond donors (Lipinski definition) is 0. The molecular formula is C36H59NaO3S. The van der Waals surface area contributed by atoms with Crippen molar-refractivity contribution in [1.29, 1.82) is 0 Å². The van der Waals surface area contributed by atoms with E-state index < -0.39 is 10.1 Å². The predicted octanol–water partition coefficient (Wildman–Crippen LogP) is 8.45. The Morgan fingerprint density at radius 2 is 0.878 bits per heavy atom. The third-order valence-electron chi connectivity index (χ3n) is 8.45. The van der Waals surface area contributed by atoms with Gasteiger partial charge < -0.3 is 4.55 Å². The van der Waals surface area contributed by atoms with Crippen LogP contribution in [0.15, 0.2) is 35.2 Å². The summed E-state index contributed by atoms with van der Waals surface area (Å²) in [5.74, 6) is 0. The molecule has 2 aromatic rings. The molecule has 2 rings (SSSR count). The molecule has 5 heteroatoms. The summed E-state index contributed by atoms with van der Waals surface area (Å²) < 4.78 is 36.2. The first-order chi connectivity index (χ1) is 19.5. The van der Waals surface area contributed by atoms with Gasteiger partial charge in [-0.3, -0.25) is 0 Å². The van der Waals surface area contributed by atoms with E-state index in [9.17, 15) is 13.0 Å². The van der Waals surface area contributed by atoms with Gasteiger partial charge in [0.15, 0.2) is 0 Å². The molecular weight excluding hydrogens is 535 g/mol. The molecule has 0 unspecified atom stereocenters. The van der Waals surface area contributed by atoms with Gasteiger partial charge in [0.05, 0.1) is 4.90 Å². The van der Waals surface area contributed by atoms with Crippen LogP contribution in [-0.2, 0) is 23.0 Å². The molecule has 228 valence electrons. The number of unbranched alkanes of at least 4 members (excludes halogenated alkanes) is 20. The molecule has 0 heterocycles. The van der Waals surface area contributed by atoms with Crippen molar-refractivity contribution in [2.24, 2.45) is 0 Å². The normalized spacial score (nSPS) is 11.7. The summed E-state index contributed by atoms with van der Waals surface area (Å²) in [6.45, 7) is 4.53. The van der Waals surface area contributed by atoms with E-state index in [2.05, 4.69) is 26.0 Å². The van der Waals surface area contributed by atoms with Gasteiger partial charge in [-0.05, 0) is 53.6 Å². The third kappa shape index (κ3) is 17.5. The van der Waals surface area contributed by atoms with E-state index in [1.165, 1.54) is 128 Å². The van der Waals surface area contributed by atoms with Crippen molar-refractivity contribution in [1.82, 2.24) is 0 Å². The largest absolute Gasteiger partial charge is 1.00 e. The second-order valence-corrected chi connectivity index (χ2v) is 13.5. The van der Waals surface area contributed by atoms with Crippen molar-refractivity contribution >= 4 is 20.9 Å². The van der Waals surface area contributed by atoms with Gasteiger partial charge >= 0.3 is 29.6 Å². The molecule has 0 fully saturated rings. The minimum atomic E-state index is -4.51. The molecule has 0 aliphatic carbocycles. The van der Waals surface area contributed by atoms with Gasteiger partial charge in [-0.2, -0.15) is 0 Å². The summed E-state index contributed by atoms with van der Waals surface area (Å²) >= 11 is 0. The zero-order valence-corrected chi connectivity index (χ0v) is 29.8. The molecule has 41 heavy (non-hydrogen) atoms. The number of fused-ring (bicyclic) bond motifs is 1. The Kier molecular flexibility index (Phi) is 22.6. The number of benzene rings is 2. The van der Waals surface area contributed by atoms with Crippen LogP contribution >= 0.6 is 0 Å². The van der Waals surface area contributed by atoms with Crippen LogP contribution in [0.5, 0.6) is 0 Å². The number of aryl methyl sites for hydroxylation is 2. The number of rotatable bonds is 25. The van der Waals surface area contributed by atoms with Gasteiger partial charge in [-0.15, -0.1) is 0 Å². The quantitative estimate of drug-likeness (QED) is 0.0658. The van der Waals surface area contributed by atoms with Crippen molar-refractivity contribution in [3.63, 3.8) is 0 Å². The molecule has 0 saturated heterocycles. The van der Waals surface area contributed by atoms with E-state index in [0.29, 0.717) is 5.39 Å². The molecule has 0 N–H and O–H groups in total. The molecule has 0 aromatic heterocycles. The molecule has 3 nitrogen and oxygen atoms in total. The van der Waals surface area contributed by atoms with Crippen LogP contribution in [0.3, 0.4) is 0 Å². The Morgan fingerprint density at radius 3 is 1.29 bits per heavy atom. The fourth-order valence-electron chi connectivity index (χ4n) is 5.94.